The minimum absolute atomic E-state index is 0. The van der Waals surface area contributed by atoms with Crippen LogP contribution in [0, 0.1) is 5.92 Å². The Kier molecular flexibility index (Phi) is 7.12. The van der Waals surface area contributed by atoms with E-state index in [2.05, 4.69) is 34.1 Å². The first kappa shape index (κ1) is 21.1. The largest absolute Gasteiger partial charge is 0.352 e. The molecule has 1 unspecified atom stereocenters. The zero-order valence-electron chi connectivity index (χ0n) is 16.3. The summed E-state index contributed by atoms with van der Waals surface area (Å²) in [6, 6.07) is 15.6. The van der Waals surface area contributed by atoms with Crippen molar-refractivity contribution in [1.82, 2.24) is 15.5 Å². The molecule has 0 spiro atoms. The second-order valence-corrected chi connectivity index (χ2v) is 7.51. The fourth-order valence-electron chi connectivity index (χ4n) is 3.89. The van der Waals surface area contributed by atoms with Gasteiger partial charge in [-0.25, -0.2) is 4.79 Å². The number of piperidine rings is 1. The van der Waals surface area contributed by atoms with Crippen molar-refractivity contribution in [1.29, 1.82) is 0 Å². The first-order valence-corrected chi connectivity index (χ1v) is 9.89. The molecular weight excluding hydrogens is 388 g/mol. The van der Waals surface area contributed by atoms with Crippen molar-refractivity contribution in [3.63, 3.8) is 0 Å². The second-order valence-electron chi connectivity index (χ2n) is 7.51. The third-order valence-corrected chi connectivity index (χ3v) is 5.47. The molecule has 2 aliphatic heterocycles. The molecule has 1 fully saturated rings. The molecule has 2 heterocycles. The standard InChI is InChI=1S/C22H26N4O2.ClH/c27-21(24-12-16-8-9-17-13-23-14-19(17)11-16)18-5-4-10-26(15-18)22(28)25-20-6-2-1-3-7-20;/h1-3,6-9,11,18,23H,4-5,10,12-15H2,(H,24,27)(H,25,28);1H. The second kappa shape index (κ2) is 9.76. The van der Waals surface area contributed by atoms with E-state index in [9.17, 15) is 9.59 Å². The predicted octanol–water partition coefficient (Wildman–Crippen LogP) is 3.27. The fourth-order valence-corrected chi connectivity index (χ4v) is 3.89. The lowest BCUT2D eigenvalue weighted by Gasteiger charge is -2.32. The first-order valence-electron chi connectivity index (χ1n) is 9.89. The summed E-state index contributed by atoms with van der Waals surface area (Å²) in [5, 5.41) is 9.29. The summed E-state index contributed by atoms with van der Waals surface area (Å²) in [6.45, 7) is 3.48. The monoisotopic (exact) mass is 414 g/mol. The maximum absolute atomic E-state index is 12.6. The van der Waals surface area contributed by atoms with Gasteiger partial charge in [0.2, 0.25) is 5.91 Å². The predicted molar refractivity (Wildman–Crippen MR) is 116 cm³/mol. The summed E-state index contributed by atoms with van der Waals surface area (Å²) >= 11 is 0. The molecule has 1 saturated heterocycles. The van der Waals surface area contributed by atoms with Crippen molar-refractivity contribution in [3.05, 3.63) is 65.2 Å². The van der Waals surface area contributed by atoms with E-state index in [-0.39, 0.29) is 30.3 Å². The van der Waals surface area contributed by atoms with Crippen LogP contribution in [0.1, 0.15) is 29.5 Å². The van der Waals surface area contributed by atoms with Crippen molar-refractivity contribution in [2.24, 2.45) is 5.92 Å². The Bertz CT molecular complexity index is 859. The number of amides is 3. The molecule has 2 aromatic rings. The van der Waals surface area contributed by atoms with Crippen molar-refractivity contribution in [3.8, 4) is 0 Å². The van der Waals surface area contributed by atoms with Gasteiger partial charge in [-0.3, -0.25) is 4.79 Å². The number of nitrogens with one attached hydrogen (secondary N) is 3. The molecule has 29 heavy (non-hydrogen) atoms. The maximum atomic E-state index is 12.6. The van der Waals surface area contributed by atoms with Crippen LogP contribution < -0.4 is 16.0 Å². The first-order chi connectivity index (χ1) is 13.7. The number of hydrogen-bond acceptors (Lipinski definition) is 3. The molecule has 1 atom stereocenters. The Labute approximate surface area is 177 Å². The van der Waals surface area contributed by atoms with E-state index in [1.54, 1.807) is 4.90 Å². The molecule has 0 saturated carbocycles. The van der Waals surface area contributed by atoms with Gasteiger partial charge < -0.3 is 20.9 Å². The van der Waals surface area contributed by atoms with Crippen molar-refractivity contribution in [2.45, 2.75) is 32.5 Å². The number of anilines is 1. The van der Waals surface area contributed by atoms with Crippen molar-refractivity contribution < 1.29 is 9.59 Å². The molecule has 3 N–H and O–H groups in total. The van der Waals surface area contributed by atoms with Gasteiger partial charge in [0.1, 0.15) is 0 Å². The molecule has 2 aromatic carbocycles. The van der Waals surface area contributed by atoms with Gasteiger partial charge in [-0.2, -0.15) is 0 Å². The highest BCUT2D eigenvalue weighted by molar-refractivity contribution is 5.90. The highest BCUT2D eigenvalue weighted by atomic mass is 35.5. The number of hydrogen-bond donors (Lipinski definition) is 3. The van der Waals surface area contributed by atoms with Crippen LogP contribution in [0.4, 0.5) is 10.5 Å². The van der Waals surface area contributed by atoms with E-state index >= 15 is 0 Å². The third kappa shape index (κ3) is 5.28. The van der Waals surface area contributed by atoms with E-state index < -0.39 is 0 Å². The number of fused-ring (bicyclic) bond motifs is 1. The number of halogens is 1. The van der Waals surface area contributed by atoms with E-state index in [4.69, 9.17) is 0 Å². The highest BCUT2D eigenvalue weighted by Gasteiger charge is 2.28. The van der Waals surface area contributed by atoms with Crippen LogP contribution in [-0.2, 0) is 24.4 Å². The zero-order valence-corrected chi connectivity index (χ0v) is 17.1. The Balaban J connectivity index is 0.00000240. The van der Waals surface area contributed by atoms with Gasteiger partial charge in [0.25, 0.3) is 0 Å². The van der Waals surface area contributed by atoms with E-state index in [1.165, 1.54) is 11.1 Å². The lowest BCUT2D eigenvalue weighted by atomic mass is 9.97. The molecule has 3 amide bonds. The van der Waals surface area contributed by atoms with Crippen molar-refractivity contribution in [2.75, 3.05) is 18.4 Å². The Morgan fingerprint density at radius 3 is 2.69 bits per heavy atom. The number of likely N-dealkylation sites (tertiary alicyclic amines) is 1. The average molecular weight is 415 g/mol. The number of carbonyl (C=O) groups excluding carboxylic acids is 2. The average Bonchev–Trinajstić information content (AvgIpc) is 3.20. The Morgan fingerprint density at radius 1 is 1.07 bits per heavy atom. The van der Waals surface area contributed by atoms with Crippen LogP contribution in [0.25, 0.3) is 0 Å². The summed E-state index contributed by atoms with van der Waals surface area (Å²) in [7, 11) is 0. The summed E-state index contributed by atoms with van der Waals surface area (Å²) < 4.78 is 0. The molecule has 7 heteroatoms. The van der Waals surface area contributed by atoms with E-state index in [1.807, 2.05) is 30.3 Å². The minimum Gasteiger partial charge on any atom is -0.352 e. The lowest BCUT2D eigenvalue weighted by molar-refractivity contribution is -0.126. The third-order valence-electron chi connectivity index (χ3n) is 5.47. The number of nitrogens with zero attached hydrogens (tertiary/aromatic N) is 1. The summed E-state index contributed by atoms with van der Waals surface area (Å²) in [6.07, 6.45) is 1.65. The number of urea groups is 1. The summed E-state index contributed by atoms with van der Waals surface area (Å²) in [5.41, 5.74) is 4.53. The van der Waals surface area contributed by atoms with E-state index in [0.29, 0.717) is 19.6 Å². The number of rotatable bonds is 4. The summed E-state index contributed by atoms with van der Waals surface area (Å²) in [4.78, 5) is 26.9. The van der Waals surface area contributed by atoms with Gasteiger partial charge in [0.15, 0.2) is 0 Å². The number of benzene rings is 2. The van der Waals surface area contributed by atoms with Crippen molar-refractivity contribution >= 4 is 30.0 Å². The fraction of sp³-hybridized carbons (Fsp3) is 0.364. The van der Waals surface area contributed by atoms with Crippen LogP contribution in [0.3, 0.4) is 0 Å². The van der Waals surface area contributed by atoms with Crippen LogP contribution in [0.2, 0.25) is 0 Å². The molecule has 0 aliphatic carbocycles. The molecule has 0 radical (unpaired) electrons. The normalized spacial score (nSPS) is 17.8. The molecule has 2 aliphatic rings. The minimum atomic E-state index is -0.161. The Morgan fingerprint density at radius 2 is 1.86 bits per heavy atom. The van der Waals surface area contributed by atoms with Gasteiger partial charge in [0, 0.05) is 38.4 Å². The van der Waals surface area contributed by atoms with Gasteiger partial charge in [-0.1, -0.05) is 36.4 Å². The topological polar surface area (TPSA) is 73.5 Å². The van der Waals surface area contributed by atoms with Gasteiger partial charge in [0.05, 0.1) is 5.92 Å². The maximum Gasteiger partial charge on any atom is 0.321 e. The highest BCUT2D eigenvalue weighted by Crippen LogP contribution is 2.19. The molecule has 0 bridgehead atoms. The molecule has 4 rings (SSSR count). The summed E-state index contributed by atoms with van der Waals surface area (Å²) in [5.74, 6) is -0.137. The quantitative estimate of drug-likeness (QED) is 0.718. The Hall–Kier alpha value is -2.57. The smallest absolute Gasteiger partial charge is 0.321 e. The van der Waals surface area contributed by atoms with Crippen LogP contribution in [0.5, 0.6) is 0 Å². The van der Waals surface area contributed by atoms with Gasteiger partial charge >= 0.3 is 6.03 Å². The number of para-hydroxylation sites is 1. The van der Waals surface area contributed by atoms with Crippen LogP contribution in [-0.4, -0.2) is 29.9 Å². The molecule has 6 nitrogen and oxygen atoms in total. The molecular formula is C22H27ClN4O2. The van der Waals surface area contributed by atoms with Gasteiger partial charge in [-0.15, -0.1) is 12.4 Å². The van der Waals surface area contributed by atoms with Gasteiger partial charge in [-0.05, 0) is 41.7 Å². The lowest BCUT2D eigenvalue weighted by Crippen LogP contribution is -2.46. The van der Waals surface area contributed by atoms with Crippen LogP contribution >= 0.6 is 12.4 Å². The molecule has 154 valence electrons. The SMILES string of the molecule is Cl.O=C(NCc1ccc2c(c1)CNC2)C1CCCN(C(=O)Nc2ccccc2)C1. The number of carbonyl (C=O) groups is 2. The zero-order chi connectivity index (χ0) is 19.3. The molecule has 0 aromatic heterocycles. The van der Waals surface area contributed by atoms with Crippen LogP contribution in [0.15, 0.2) is 48.5 Å². The van der Waals surface area contributed by atoms with E-state index in [0.717, 1.165) is 37.2 Å².